The van der Waals surface area contributed by atoms with E-state index in [9.17, 15) is 0 Å². The summed E-state index contributed by atoms with van der Waals surface area (Å²) in [6, 6.07) is 0. The van der Waals surface area contributed by atoms with Crippen LogP contribution in [0.3, 0.4) is 0 Å². The summed E-state index contributed by atoms with van der Waals surface area (Å²) in [5.41, 5.74) is 5.48. The molecule has 0 aliphatic carbocycles. The zero-order valence-electron chi connectivity index (χ0n) is 11.0. The van der Waals surface area contributed by atoms with Gasteiger partial charge >= 0.3 is 0 Å². The molecule has 1 aliphatic heterocycles. The average Bonchev–Trinajstić information content (AvgIpc) is 2.29. The van der Waals surface area contributed by atoms with E-state index in [1.807, 2.05) is 0 Å². The highest BCUT2D eigenvalue weighted by Crippen LogP contribution is 2.10. The molecule has 0 spiro atoms. The molecule has 0 aromatic rings. The highest BCUT2D eigenvalue weighted by atomic mass is 15.4. The van der Waals surface area contributed by atoms with E-state index < -0.39 is 0 Å². The maximum Gasteiger partial charge on any atom is 0.0911 e. The Labute approximate surface area is 101 Å². The van der Waals surface area contributed by atoms with Gasteiger partial charge in [-0.3, -0.25) is 0 Å². The van der Waals surface area contributed by atoms with Gasteiger partial charge in [0, 0.05) is 13.1 Å². The Morgan fingerprint density at radius 1 is 0.938 bits per heavy atom. The van der Waals surface area contributed by atoms with Gasteiger partial charge < -0.3 is 15.5 Å². The molecule has 0 atom stereocenters. The molecule has 3 heteroatoms. The van der Waals surface area contributed by atoms with Crippen molar-refractivity contribution in [2.75, 3.05) is 46.3 Å². The first-order chi connectivity index (χ1) is 7.77. The first kappa shape index (κ1) is 13.9. The third kappa shape index (κ3) is 5.83. The van der Waals surface area contributed by atoms with Crippen molar-refractivity contribution in [2.24, 2.45) is 5.73 Å². The molecule has 3 nitrogen and oxygen atoms in total. The van der Waals surface area contributed by atoms with Gasteiger partial charge in [-0.05, 0) is 25.8 Å². The van der Waals surface area contributed by atoms with Gasteiger partial charge in [-0.15, -0.1) is 0 Å². The number of nitrogens with two attached hydrogens (primary N) is 1. The molecule has 1 rings (SSSR count). The molecule has 0 aromatic carbocycles. The Kier molecular flexibility index (Phi) is 7.01. The second-order valence-corrected chi connectivity index (χ2v) is 5.45. The quantitative estimate of drug-likeness (QED) is 0.486. The molecule has 0 aromatic heterocycles. The van der Waals surface area contributed by atoms with Crippen molar-refractivity contribution in [3.05, 3.63) is 0 Å². The maximum absolute atomic E-state index is 5.48. The van der Waals surface area contributed by atoms with Crippen molar-refractivity contribution < 1.29 is 4.48 Å². The molecule has 1 heterocycles. The van der Waals surface area contributed by atoms with Crippen molar-refractivity contribution in [3.63, 3.8) is 0 Å². The van der Waals surface area contributed by atoms with Crippen LogP contribution in [-0.4, -0.2) is 50.8 Å². The standard InChI is InChI=1S/C13H30N3/c1-16(12-9-15-10-13-16)11-7-5-3-2-4-6-8-14/h15H,2-14H2,1H3/q+1. The van der Waals surface area contributed by atoms with Gasteiger partial charge in [0.1, 0.15) is 0 Å². The molecule has 1 aliphatic rings. The Morgan fingerprint density at radius 3 is 2.12 bits per heavy atom. The highest BCUT2D eigenvalue weighted by molar-refractivity contribution is 4.55. The van der Waals surface area contributed by atoms with Crippen LogP contribution in [0.2, 0.25) is 0 Å². The predicted molar refractivity (Wildman–Crippen MR) is 70.4 cm³/mol. The zero-order valence-corrected chi connectivity index (χ0v) is 11.0. The zero-order chi connectivity index (χ0) is 11.7. The second kappa shape index (κ2) is 8.04. The van der Waals surface area contributed by atoms with E-state index in [1.165, 1.54) is 75.7 Å². The van der Waals surface area contributed by atoms with Gasteiger partial charge in [0.2, 0.25) is 0 Å². The maximum atomic E-state index is 5.48. The van der Waals surface area contributed by atoms with E-state index in [2.05, 4.69) is 12.4 Å². The molecule has 0 unspecified atom stereocenters. The van der Waals surface area contributed by atoms with Crippen molar-refractivity contribution in [1.82, 2.24) is 5.32 Å². The largest absolute Gasteiger partial charge is 0.330 e. The normalized spacial score (nSPS) is 19.9. The molecule has 1 saturated heterocycles. The van der Waals surface area contributed by atoms with Crippen molar-refractivity contribution >= 4 is 0 Å². The molecule has 0 amide bonds. The fourth-order valence-corrected chi connectivity index (χ4v) is 2.50. The van der Waals surface area contributed by atoms with E-state index >= 15 is 0 Å². The van der Waals surface area contributed by atoms with Crippen LogP contribution in [0, 0.1) is 0 Å². The van der Waals surface area contributed by atoms with Gasteiger partial charge in [0.25, 0.3) is 0 Å². The van der Waals surface area contributed by atoms with Gasteiger partial charge in [0.05, 0.1) is 26.7 Å². The number of nitrogens with one attached hydrogen (secondary N) is 1. The van der Waals surface area contributed by atoms with Crippen molar-refractivity contribution in [3.8, 4) is 0 Å². The fraction of sp³-hybridized carbons (Fsp3) is 1.00. The Hall–Kier alpha value is -0.120. The van der Waals surface area contributed by atoms with Crippen LogP contribution in [0.1, 0.15) is 38.5 Å². The number of nitrogens with zero attached hydrogens (tertiary/aromatic N) is 1. The topological polar surface area (TPSA) is 38.0 Å². The molecule has 0 radical (unpaired) electrons. The lowest BCUT2D eigenvalue weighted by molar-refractivity contribution is -0.911. The Bertz CT molecular complexity index is 165. The number of rotatable bonds is 8. The summed E-state index contributed by atoms with van der Waals surface area (Å²) in [6.07, 6.45) is 8.12. The number of hydrogen-bond donors (Lipinski definition) is 2. The summed E-state index contributed by atoms with van der Waals surface area (Å²) in [6.45, 7) is 7.26. The van der Waals surface area contributed by atoms with E-state index in [-0.39, 0.29) is 0 Å². The van der Waals surface area contributed by atoms with Crippen LogP contribution in [0.4, 0.5) is 0 Å². The number of unbranched alkanes of at least 4 members (excludes halogenated alkanes) is 5. The first-order valence-corrected chi connectivity index (χ1v) is 7.01. The molecule has 16 heavy (non-hydrogen) atoms. The summed E-state index contributed by atoms with van der Waals surface area (Å²) in [5, 5.41) is 3.44. The lowest BCUT2D eigenvalue weighted by Crippen LogP contribution is -2.56. The minimum absolute atomic E-state index is 0.863. The van der Waals surface area contributed by atoms with Crippen LogP contribution in [-0.2, 0) is 0 Å². The van der Waals surface area contributed by atoms with Gasteiger partial charge in [-0.1, -0.05) is 19.3 Å². The minimum atomic E-state index is 0.863. The number of likely N-dealkylation sites (N-methyl/N-ethyl adjacent to an activating group) is 1. The molecule has 0 bridgehead atoms. The third-order valence-corrected chi connectivity index (χ3v) is 3.81. The number of quaternary nitrogens is 1. The molecule has 0 saturated carbocycles. The van der Waals surface area contributed by atoms with Gasteiger partial charge in [-0.25, -0.2) is 0 Å². The monoisotopic (exact) mass is 228 g/mol. The summed E-state index contributed by atoms with van der Waals surface area (Å²) in [4.78, 5) is 0. The average molecular weight is 228 g/mol. The third-order valence-electron chi connectivity index (χ3n) is 3.81. The SMILES string of the molecule is C[N+]1(CCCCCCCCN)CCNCC1. The second-order valence-electron chi connectivity index (χ2n) is 5.45. The summed E-state index contributed by atoms with van der Waals surface area (Å²) in [7, 11) is 2.41. The Balaban J connectivity index is 1.93. The minimum Gasteiger partial charge on any atom is -0.330 e. The summed E-state index contributed by atoms with van der Waals surface area (Å²) in [5.74, 6) is 0. The van der Waals surface area contributed by atoms with Crippen molar-refractivity contribution in [2.45, 2.75) is 38.5 Å². The van der Waals surface area contributed by atoms with Gasteiger partial charge in [-0.2, -0.15) is 0 Å². The predicted octanol–water partition coefficient (Wildman–Crippen LogP) is 1.34. The molecular formula is C13H30N3+. The number of hydrogen-bond acceptors (Lipinski definition) is 2. The van der Waals surface area contributed by atoms with Crippen molar-refractivity contribution in [1.29, 1.82) is 0 Å². The van der Waals surface area contributed by atoms with E-state index in [0.29, 0.717) is 0 Å². The Morgan fingerprint density at radius 2 is 1.50 bits per heavy atom. The lowest BCUT2D eigenvalue weighted by atomic mass is 10.1. The van der Waals surface area contributed by atoms with E-state index in [4.69, 9.17) is 5.73 Å². The molecular weight excluding hydrogens is 198 g/mol. The molecule has 96 valence electrons. The number of piperazine rings is 1. The van der Waals surface area contributed by atoms with Crippen LogP contribution in [0.25, 0.3) is 0 Å². The van der Waals surface area contributed by atoms with Crippen LogP contribution < -0.4 is 11.1 Å². The fourth-order valence-electron chi connectivity index (χ4n) is 2.50. The first-order valence-electron chi connectivity index (χ1n) is 7.01. The summed E-state index contributed by atoms with van der Waals surface area (Å²) >= 11 is 0. The molecule has 1 fully saturated rings. The van der Waals surface area contributed by atoms with Crippen LogP contribution in [0.5, 0.6) is 0 Å². The van der Waals surface area contributed by atoms with E-state index in [0.717, 1.165) is 6.54 Å². The molecule has 3 N–H and O–H groups in total. The lowest BCUT2D eigenvalue weighted by Gasteiger charge is -2.38. The van der Waals surface area contributed by atoms with Gasteiger partial charge in [0.15, 0.2) is 0 Å². The van der Waals surface area contributed by atoms with E-state index in [1.54, 1.807) is 0 Å². The highest BCUT2D eigenvalue weighted by Gasteiger charge is 2.23. The van der Waals surface area contributed by atoms with Crippen LogP contribution >= 0.6 is 0 Å². The smallest absolute Gasteiger partial charge is 0.0911 e. The summed E-state index contributed by atoms with van der Waals surface area (Å²) < 4.78 is 1.29. The van der Waals surface area contributed by atoms with Crippen LogP contribution in [0.15, 0.2) is 0 Å².